The molecule has 112 valence electrons. The van der Waals surface area contributed by atoms with Crippen molar-refractivity contribution in [3.8, 4) is 0 Å². The zero-order chi connectivity index (χ0) is 15.2. The number of rotatable bonds is 6. The molecule has 1 aromatic heterocycles. The monoisotopic (exact) mass is 386 g/mol. The van der Waals surface area contributed by atoms with Crippen molar-refractivity contribution in [2.24, 2.45) is 0 Å². The molecule has 2 nitrogen and oxygen atoms in total. The van der Waals surface area contributed by atoms with E-state index in [1.54, 1.807) is 12.3 Å². The van der Waals surface area contributed by atoms with Gasteiger partial charge in [-0.15, -0.1) is 0 Å². The summed E-state index contributed by atoms with van der Waals surface area (Å²) < 4.78 is 0.997. The molecule has 0 aliphatic heterocycles. The lowest BCUT2D eigenvalue weighted by Gasteiger charge is -2.20. The van der Waals surface area contributed by atoms with E-state index in [4.69, 9.17) is 23.2 Å². The number of halogens is 3. The van der Waals surface area contributed by atoms with Gasteiger partial charge in [0.25, 0.3) is 0 Å². The Morgan fingerprint density at radius 3 is 2.81 bits per heavy atom. The summed E-state index contributed by atoms with van der Waals surface area (Å²) in [6.45, 7) is 3.07. The van der Waals surface area contributed by atoms with Gasteiger partial charge in [0.1, 0.15) is 0 Å². The third-order valence-electron chi connectivity index (χ3n) is 3.19. The lowest BCUT2D eigenvalue weighted by atomic mass is 10.0. The minimum Gasteiger partial charge on any atom is -0.308 e. The smallest absolute Gasteiger partial charge is 0.0718 e. The maximum Gasteiger partial charge on any atom is 0.0718 e. The second-order valence-electron chi connectivity index (χ2n) is 4.82. The molecule has 0 spiro atoms. The van der Waals surface area contributed by atoms with Crippen LogP contribution in [0.3, 0.4) is 0 Å². The molecule has 21 heavy (non-hydrogen) atoms. The summed E-state index contributed by atoms with van der Waals surface area (Å²) in [5, 5.41) is 4.96. The molecule has 0 saturated heterocycles. The Hall–Kier alpha value is -0.610. The lowest BCUT2D eigenvalue weighted by Crippen LogP contribution is -2.25. The Balaban J connectivity index is 2.28. The van der Waals surface area contributed by atoms with Crippen LogP contribution in [0, 0.1) is 0 Å². The lowest BCUT2D eigenvalue weighted by molar-refractivity contribution is 0.516. The largest absolute Gasteiger partial charge is 0.308 e. The molecule has 2 aromatic rings. The van der Waals surface area contributed by atoms with Crippen LogP contribution >= 0.6 is 39.1 Å². The molecule has 0 saturated carbocycles. The van der Waals surface area contributed by atoms with Gasteiger partial charge in [-0.25, -0.2) is 0 Å². The van der Waals surface area contributed by atoms with Crippen molar-refractivity contribution in [2.75, 3.05) is 6.54 Å². The number of pyridine rings is 1. The number of benzene rings is 1. The van der Waals surface area contributed by atoms with Crippen LogP contribution in [0.2, 0.25) is 10.0 Å². The van der Waals surface area contributed by atoms with E-state index in [1.165, 1.54) is 0 Å². The summed E-state index contributed by atoms with van der Waals surface area (Å²) in [6.07, 6.45) is 3.61. The molecule has 1 heterocycles. The highest BCUT2D eigenvalue weighted by Crippen LogP contribution is 2.28. The average Bonchev–Trinajstić information content (AvgIpc) is 2.48. The Bertz CT molecular complexity index is 605. The molecule has 0 bridgehead atoms. The topological polar surface area (TPSA) is 24.9 Å². The van der Waals surface area contributed by atoms with Crippen LogP contribution in [0.25, 0.3) is 0 Å². The fraction of sp³-hybridized carbons (Fsp3) is 0.312. The van der Waals surface area contributed by atoms with Crippen molar-refractivity contribution in [3.63, 3.8) is 0 Å². The first-order chi connectivity index (χ1) is 10.1. The number of nitrogens with one attached hydrogen (secondary N) is 1. The van der Waals surface area contributed by atoms with Crippen LogP contribution in [0.5, 0.6) is 0 Å². The van der Waals surface area contributed by atoms with Gasteiger partial charge in [-0.3, -0.25) is 4.98 Å². The summed E-state index contributed by atoms with van der Waals surface area (Å²) in [5.74, 6) is 0. The van der Waals surface area contributed by atoms with E-state index in [9.17, 15) is 0 Å². The van der Waals surface area contributed by atoms with Gasteiger partial charge in [0, 0.05) is 20.7 Å². The fourth-order valence-corrected chi connectivity index (χ4v) is 3.08. The van der Waals surface area contributed by atoms with Crippen LogP contribution in [-0.4, -0.2) is 11.5 Å². The number of nitrogens with zero attached hydrogens (tertiary/aromatic N) is 1. The van der Waals surface area contributed by atoms with Crippen molar-refractivity contribution in [1.29, 1.82) is 0 Å². The van der Waals surface area contributed by atoms with E-state index in [-0.39, 0.29) is 6.04 Å². The Labute approximate surface area is 144 Å². The molecule has 0 fully saturated rings. The molecule has 2 rings (SSSR count). The van der Waals surface area contributed by atoms with Gasteiger partial charge < -0.3 is 5.32 Å². The standard InChI is InChI=1S/C16H17BrCl2N2/c1-2-7-20-15(16-13(17)4-3-8-21-16)10-11-9-12(18)5-6-14(11)19/h3-6,8-9,15,20H,2,7,10H2,1H3. The van der Waals surface area contributed by atoms with Crippen LogP contribution in [-0.2, 0) is 6.42 Å². The number of hydrogen-bond donors (Lipinski definition) is 1. The second kappa shape index (κ2) is 8.14. The predicted molar refractivity (Wildman–Crippen MR) is 93.1 cm³/mol. The molecule has 1 unspecified atom stereocenters. The van der Waals surface area contributed by atoms with E-state index in [0.717, 1.165) is 40.1 Å². The van der Waals surface area contributed by atoms with Gasteiger partial charge in [-0.2, -0.15) is 0 Å². The van der Waals surface area contributed by atoms with Crippen molar-refractivity contribution >= 4 is 39.1 Å². The first-order valence-electron chi connectivity index (χ1n) is 6.89. The quantitative estimate of drug-likeness (QED) is 0.714. The molecule has 0 aliphatic rings. The first kappa shape index (κ1) is 16.8. The maximum atomic E-state index is 6.28. The molecule has 5 heteroatoms. The molecular weight excluding hydrogens is 371 g/mol. The Kier molecular flexibility index (Phi) is 6.49. The van der Waals surface area contributed by atoms with Gasteiger partial charge >= 0.3 is 0 Å². The first-order valence-corrected chi connectivity index (χ1v) is 8.44. The van der Waals surface area contributed by atoms with E-state index in [2.05, 4.69) is 33.2 Å². The molecule has 1 atom stereocenters. The van der Waals surface area contributed by atoms with Gasteiger partial charge in [0.2, 0.25) is 0 Å². The molecule has 0 radical (unpaired) electrons. The molecule has 1 N–H and O–H groups in total. The number of hydrogen-bond acceptors (Lipinski definition) is 2. The van der Waals surface area contributed by atoms with Crippen LogP contribution < -0.4 is 5.32 Å². The van der Waals surface area contributed by atoms with Crippen molar-refractivity contribution in [3.05, 3.63) is 62.3 Å². The van der Waals surface area contributed by atoms with E-state index in [1.807, 2.05) is 24.3 Å². The van der Waals surface area contributed by atoms with Crippen LogP contribution in [0.1, 0.15) is 30.6 Å². The Morgan fingerprint density at radius 2 is 2.10 bits per heavy atom. The third kappa shape index (κ3) is 4.68. The highest BCUT2D eigenvalue weighted by atomic mass is 79.9. The van der Waals surface area contributed by atoms with Crippen LogP contribution in [0.15, 0.2) is 41.0 Å². The fourth-order valence-electron chi connectivity index (χ4n) is 2.16. The normalized spacial score (nSPS) is 12.4. The summed E-state index contributed by atoms with van der Waals surface area (Å²) in [6, 6.07) is 9.57. The van der Waals surface area contributed by atoms with E-state index < -0.39 is 0 Å². The highest BCUT2D eigenvalue weighted by Gasteiger charge is 2.17. The minimum atomic E-state index is 0.0940. The van der Waals surface area contributed by atoms with E-state index in [0.29, 0.717) is 5.02 Å². The molecule has 1 aromatic carbocycles. The van der Waals surface area contributed by atoms with Gasteiger partial charge in [-0.05, 0) is 71.2 Å². The van der Waals surface area contributed by atoms with E-state index >= 15 is 0 Å². The van der Waals surface area contributed by atoms with Gasteiger partial charge in [0.05, 0.1) is 11.7 Å². The zero-order valence-electron chi connectivity index (χ0n) is 11.7. The van der Waals surface area contributed by atoms with Crippen LogP contribution in [0.4, 0.5) is 0 Å². The second-order valence-corrected chi connectivity index (χ2v) is 6.52. The van der Waals surface area contributed by atoms with Gasteiger partial charge in [-0.1, -0.05) is 30.1 Å². The SMILES string of the molecule is CCCNC(Cc1cc(Cl)ccc1Cl)c1ncccc1Br. The predicted octanol–water partition coefficient (Wildman–Crippen LogP) is 5.43. The van der Waals surface area contributed by atoms with Crippen molar-refractivity contribution < 1.29 is 0 Å². The average molecular weight is 388 g/mol. The third-order valence-corrected chi connectivity index (χ3v) is 4.46. The number of aromatic nitrogens is 1. The van der Waals surface area contributed by atoms with Gasteiger partial charge in [0.15, 0.2) is 0 Å². The highest BCUT2D eigenvalue weighted by molar-refractivity contribution is 9.10. The Morgan fingerprint density at radius 1 is 1.29 bits per heavy atom. The maximum absolute atomic E-state index is 6.28. The molecule has 0 aliphatic carbocycles. The summed E-state index contributed by atoms with van der Waals surface area (Å²) in [7, 11) is 0. The molecule has 0 amide bonds. The minimum absolute atomic E-state index is 0.0940. The van der Waals surface area contributed by atoms with Crippen molar-refractivity contribution in [2.45, 2.75) is 25.8 Å². The van der Waals surface area contributed by atoms with Crippen molar-refractivity contribution in [1.82, 2.24) is 10.3 Å². The summed E-state index contributed by atoms with van der Waals surface area (Å²) in [5.41, 5.74) is 2.01. The molecular formula is C16H17BrCl2N2. The summed E-state index contributed by atoms with van der Waals surface area (Å²) in [4.78, 5) is 4.49. The summed E-state index contributed by atoms with van der Waals surface area (Å²) >= 11 is 15.9. The zero-order valence-corrected chi connectivity index (χ0v) is 14.8.